The van der Waals surface area contributed by atoms with Gasteiger partial charge in [-0.15, -0.1) is 0 Å². The van der Waals surface area contributed by atoms with E-state index in [1.54, 1.807) is 36.5 Å². The lowest BCUT2D eigenvalue weighted by Crippen LogP contribution is -2.49. The Bertz CT molecular complexity index is 1110. The lowest BCUT2D eigenvalue weighted by Gasteiger charge is -2.35. The molecule has 2 heterocycles. The largest absolute Gasteiger partial charge is 0.353 e. The summed E-state index contributed by atoms with van der Waals surface area (Å²) in [5.41, 5.74) is 2.20. The fourth-order valence-corrected chi connectivity index (χ4v) is 3.70. The molecule has 1 fully saturated rings. The molecule has 3 aromatic rings. The number of nitrogens with one attached hydrogen (secondary N) is 1. The van der Waals surface area contributed by atoms with Crippen molar-refractivity contribution in [2.75, 3.05) is 36.4 Å². The van der Waals surface area contributed by atoms with Crippen LogP contribution < -0.4 is 10.2 Å². The second-order valence-electron chi connectivity index (χ2n) is 7.43. The molecule has 7 heteroatoms. The van der Waals surface area contributed by atoms with Crippen molar-refractivity contribution in [3.63, 3.8) is 0 Å². The number of rotatable bonds is 5. The first kappa shape index (κ1) is 21.6. The summed E-state index contributed by atoms with van der Waals surface area (Å²) >= 11 is 6.00. The van der Waals surface area contributed by atoms with E-state index in [0.717, 1.165) is 11.4 Å². The Morgan fingerprint density at radius 2 is 1.72 bits per heavy atom. The molecule has 4 rings (SSSR count). The van der Waals surface area contributed by atoms with Gasteiger partial charge in [-0.05, 0) is 42.0 Å². The molecule has 0 saturated carbocycles. The number of carbonyl (C=O) groups excluding carboxylic acids is 2. The third kappa shape index (κ3) is 5.53. The minimum Gasteiger partial charge on any atom is -0.353 e. The van der Waals surface area contributed by atoms with E-state index in [9.17, 15) is 9.59 Å². The van der Waals surface area contributed by atoms with Crippen molar-refractivity contribution in [3.05, 3.63) is 95.2 Å². The van der Waals surface area contributed by atoms with Gasteiger partial charge in [-0.25, -0.2) is 4.98 Å². The van der Waals surface area contributed by atoms with Crippen LogP contribution in [0.2, 0.25) is 5.02 Å². The summed E-state index contributed by atoms with van der Waals surface area (Å²) in [7, 11) is 0. The first-order valence-electron chi connectivity index (χ1n) is 10.4. The molecule has 0 bridgehead atoms. The van der Waals surface area contributed by atoms with Crippen LogP contribution in [0, 0.1) is 0 Å². The number of hydrogen-bond donors (Lipinski definition) is 1. The monoisotopic (exact) mass is 446 g/mol. The molecule has 2 amide bonds. The lowest BCUT2D eigenvalue weighted by molar-refractivity contribution is -0.111. The van der Waals surface area contributed by atoms with E-state index < -0.39 is 0 Å². The van der Waals surface area contributed by atoms with E-state index in [4.69, 9.17) is 11.6 Å². The minimum atomic E-state index is -0.212. The molecular weight excluding hydrogens is 424 g/mol. The van der Waals surface area contributed by atoms with E-state index in [0.29, 0.717) is 42.5 Å². The van der Waals surface area contributed by atoms with E-state index in [1.165, 1.54) is 6.08 Å². The SMILES string of the molecule is O=C(/C=C/c1ccccc1)Nc1ccc(N2CCN(C(=O)c3cccc(Cl)c3)CC2)nc1. The van der Waals surface area contributed by atoms with E-state index in [1.807, 2.05) is 47.4 Å². The summed E-state index contributed by atoms with van der Waals surface area (Å²) in [4.78, 5) is 33.2. The van der Waals surface area contributed by atoms with Gasteiger partial charge in [0, 0.05) is 42.8 Å². The number of benzene rings is 2. The summed E-state index contributed by atoms with van der Waals surface area (Å²) in [5.74, 6) is 0.593. The van der Waals surface area contributed by atoms with E-state index in [2.05, 4.69) is 15.2 Å². The highest BCUT2D eigenvalue weighted by molar-refractivity contribution is 6.30. The van der Waals surface area contributed by atoms with Gasteiger partial charge in [0.1, 0.15) is 5.82 Å². The number of halogens is 1. The highest BCUT2D eigenvalue weighted by Crippen LogP contribution is 2.18. The zero-order chi connectivity index (χ0) is 22.3. The van der Waals surface area contributed by atoms with Crippen molar-refractivity contribution in [3.8, 4) is 0 Å². The molecule has 0 unspecified atom stereocenters. The van der Waals surface area contributed by atoms with Gasteiger partial charge in [-0.2, -0.15) is 0 Å². The molecule has 1 N–H and O–H groups in total. The van der Waals surface area contributed by atoms with Crippen molar-refractivity contribution < 1.29 is 9.59 Å². The van der Waals surface area contributed by atoms with Gasteiger partial charge in [0.2, 0.25) is 5.91 Å². The van der Waals surface area contributed by atoms with Crippen LogP contribution in [0.4, 0.5) is 11.5 Å². The average Bonchev–Trinajstić information content (AvgIpc) is 2.83. The lowest BCUT2D eigenvalue weighted by atomic mass is 10.2. The Labute approximate surface area is 192 Å². The number of aromatic nitrogens is 1. The fraction of sp³-hybridized carbons (Fsp3) is 0.160. The fourth-order valence-electron chi connectivity index (χ4n) is 3.51. The zero-order valence-corrected chi connectivity index (χ0v) is 18.2. The number of piperazine rings is 1. The van der Waals surface area contributed by atoms with Crippen molar-refractivity contribution in [1.82, 2.24) is 9.88 Å². The van der Waals surface area contributed by atoms with Crippen LogP contribution in [-0.4, -0.2) is 47.9 Å². The number of amides is 2. The number of anilines is 2. The summed E-state index contributed by atoms with van der Waals surface area (Å²) < 4.78 is 0. The second-order valence-corrected chi connectivity index (χ2v) is 7.86. The average molecular weight is 447 g/mol. The zero-order valence-electron chi connectivity index (χ0n) is 17.4. The molecule has 1 aliphatic rings. The molecule has 6 nitrogen and oxygen atoms in total. The van der Waals surface area contributed by atoms with Crippen LogP contribution in [-0.2, 0) is 4.79 Å². The quantitative estimate of drug-likeness (QED) is 0.592. The van der Waals surface area contributed by atoms with Gasteiger partial charge in [-0.1, -0.05) is 48.0 Å². The third-order valence-electron chi connectivity index (χ3n) is 5.20. The van der Waals surface area contributed by atoms with E-state index in [-0.39, 0.29) is 11.8 Å². The molecule has 1 saturated heterocycles. The smallest absolute Gasteiger partial charge is 0.254 e. The summed E-state index contributed by atoms with van der Waals surface area (Å²) in [5, 5.41) is 3.37. The van der Waals surface area contributed by atoms with Crippen LogP contribution >= 0.6 is 11.6 Å². The first-order valence-corrected chi connectivity index (χ1v) is 10.8. The molecular formula is C25H23ClN4O2. The first-order chi connectivity index (χ1) is 15.6. The number of nitrogens with zero attached hydrogens (tertiary/aromatic N) is 3. The van der Waals surface area contributed by atoms with Crippen molar-refractivity contribution in [2.45, 2.75) is 0 Å². The number of carbonyl (C=O) groups is 2. The maximum atomic E-state index is 12.7. The Kier molecular flexibility index (Phi) is 6.82. The highest BCUT2D eigenvalue weighted by atomic mass is 35.5. The Morgan fingerprint density at radius 3 is 2.41 bits per heavy atom. The standard InChI is InChI=1S/C25H23ClN4O2/c26-21-8-4-7-20(17-21)25(32)30-15-13-29(14-16-30)23-11-10-22(18-27-23)28-24(31)12-9-19-5-2-1-3-6-19/h1-12,17-18H,13-16H2,(H,28,31)/b12-9+. The second kappa shape index (κ2) is 10.1. The van der Waals surface area contributed by atoms with Gasteiger partial charge in [0.05, 0.1) is 11.9 Å². The van der Waals surface area contributed by atoms with Crippen molar-refractivity contribution in [1.29, 1.82) is 0 Å². The van der Waals surface area contributed by atoms with Crippen molar-refractivity contribution >= 4 is 41.0 Å². The molecule has 32 heavy (non-hydrogen) atoms. The molecule has 0 atom stereocenters. The van der Waals surface area contributed by atoms with Crippen LogP contribution in [0.5, 0.6) is 0 Å². The summed E-state index contributed by atoms with van der Waals surface area (Å²) in [6, 6.07) is 20.4. The predicted molar refractivity (Wildman–Crippen MR) is 128 cm³/mol. The Morgan fingerprint density at radius 1 is 0.938 bits per heavy atom. The van der Waals surface area contributed by atoms with E-state index >= 15 is 0 Å². The number of hydrogen-bond acceptors (Lipinski definition) is 4. The maximum Gasteiger partial charge on any atom is 0.254 e. The van der Waals surface area contributed by atoms with Crippen LogP contribution in [0.3, 0.4) is 0 Å². The topological polar surface area (TPSA) is 65.5 Å². The normalized spacial score (nSPS) is 13.9. The van der Waals surface area contributed by atoms with Gasteiger partial charge in [0.15, 0.2) is 0 Å². The van der Waals surface area contributed by atoms with Crippen molar-refractivity contribution in [2.24, 2.45) is 0 Å². The summed E-state index contributed by atoms with van der Waals surface area (Å²) in [6.45, 7) is 2.58. The Balaban J connectivity index is 1.29. The molecule has 0 aliphatic carbocycles. The van der Waals surface area contributed by atoms with Gasteiger partial charge in [0.25, 0.3) is 5.91 Å². The predicted octanol–water partition coefficient (Wildman–Crippen LogP) is 4.35. The molecule has 0 spiro atoms. The molecule has 2 aromatic carbocycles. The van der Waals surface area contributed by atoms with Crippen LogP contribution in [0.1, 0.15) is 15.9 Å². The van der Waals surface area contributed by atoms with Crippen LogP contribution in [0.15, 0.2) is 79.0 Å². The van der Waals surface area contributed by atoms with Gasteiger partial charge >= 0.3 is 0 Å². The number of pyridine rings is 1. The van der Waals surface area contributed by atoms with Crippen LogP contribution in [0.25, 0.3) is 6.08 Å². The molecule has 162 valence electrons. The van der Waals surface area contributed by atoms with Gasteiger partial charge in [-0.3, -0.25) is 9.59 Å². The maximum absolute atomic E-state index is 12.7. The van der Waals surface area contributed by atoms with Gasteiger partial charge < -0.3 is 15.1 Å². The third-order valence-corrected chi connectivity index (χ3v) is 5.44. The summed E-state index contributed by atoms with van der Waals surface area (Å²) in [6.07, 6.45) is 4.91. The molecule has 1 aliphatic heterocycles. The minimum absolute atomic E-state index is 0.0123. The Hall–Kier alpha value is -3.64. The molecule has 0 radical (unpaired) electrons. The highest BCUT2D eigenvalue weighted by Gasteiger charge is 2.23. The molecule has 1 aromatic heterocycles.